The first kappa shape index (κ1) is 18.6. The van der Waals surface area contributed by atoms with E-state index in [4.69, 9.17) is 9.97 Å². The highest BCUT2D eigenvalue weighted by atomic mass is 15.1. The van der Waals surface area contributed by atoms with Crippen LogP contribution < -0.4 is 0 Å². The Kier molecular flexibility index (Phi) is 3.59. The van der Waals surface area contributed by atoms with Gasteiger partial charge in [0.1, 0.15) is 11.5 Å². The van der Waals surface area contributed by atoms with Crippen LogP contribution in [-0.2, 0) is 10.8 Å². The number of hydrogen-bond donors (Lipinski definition) is 0. The van der Waals surface area contributed by atoms with Gasteiger partial charge in [0.15, 0.2) is 0 Å². The molecule has 2 aromatic heterocycles. The van der Waals surface area contributed by atoms with Crippen LogP contribution in [0.1, 0.15) is 82.0 Å². The highest BCUT2D eigenvalue weighted by Crippen LogP contribution is 2.45. The Morgan fingerprint density at radius 2 is 1.66 bits per heavy atom. The molecular formula is C26H31N3. The standard InChI is InChI=1S/C26H31N3/c1-14-9-19-21(10-15(14)2)29-23(27-19)22-18-11-17(26(7,8)13-16(18)3)12-20(22)28-24(29)25(4,5)6/h9-12,16H,13H2,1-8H3. The average Bonchev–Trinajstić information content (AvgIpc) is 2.96. The molecule has 4 aromatic rings. The Bertz CT molecular complexity index is 1320. The summed E-state index contributed by atoms with van der Waals surface area (Å²) in [6.07, 6.45) is 1.16. The van der Waals surface area contributed by atoms with Gasteiger partial charge in [-0.2, -0.15) is 0 Å². The molecule has 2 heterocycles. The van der Waals surface area contributed by atoms with E-state index in [1.54, 1.807) is 0 Å². The lowest BCUT2D eigenvalue weighted by Crippen LogP contribution is -2.25. The molecule has 0 amide bonds. The SMILES string of the molecule is Cc1cc2nc3c4c5cc(cc4nc(C(C)(C)C)n3c2cc1C)C(C)(C)CC5C. The van der Waals surface area contributed by atoms with E-state index in [-0.39, 0.29) is 10.8 Å². The van der Waals surface area contributed by atoms with Crippen molar-refractivity contribution in [1.29, 1.82) is 0 Å². The second-order valence-corrected chi connectivity index (χ2v) is 10.8. The van der Waals surface area contributed by atoms with Crippen molar-refractivity contribution in [3.63, 3.8) is 0 Å². The van der Waals surface area contributed by atoms with Gasteiger partial charge in [0, 0.05) is 10.8 Å². The number of rotatable bonds is 0. The third-order valence-electron chi connectivity index (χ3n) is 6.88. The van der Waals surface area contributed by atoms with Crippen molar-refractivity contribution in [2.24, 2.45) is 0 Å². The molecule has 3 nitrogen and oxygen atoms in total. The Balaban J connectivity index is 2.04. The van der Waals surface area contributed by atoms with Gasteiger partial charge in [0.05, 0.1) is 16.6 Å². The zero-order chi connectivity index (χ0) is 20.9. The highest BCUT2D eigenvalue weighted by molar-refractivity contribution is 6.00. The smallest absolute Gasteiger partial charge is 0.149 e. The highest BCUT2D eigenvalue weighted by Gasteiger charge is 2.33. The van der Waals surface area contributed by atoms with Crippen LogP contribution in [0.2, 0.25) is 0 Å². The van der Waals surface area contributed by atoms with Crippen molar-refractivity contribution in [2.45, 2.75) is 78.6 Å². The van der Waals surface area contributed by atoms with E-state index < -0.39 is 0 Å². The molecule has 1 aliphatic carbocycles. The van der Waals surface area contributed by atoms with E-state index in [2.05, 4.69) is 84.1 Å². The molecule has 0 radical (unpaired) electrons. The molecule has 1 aliphatic rings. The Morgan fingerprint density at radius 3 is 2.34 bits per heavy atom. The maximum atomic E-state index is 5.28. The van der Waals surface area contributed by atoms with Crippen LogP contribution in [-0.4, -0.2) is 14.4 Å². The summed E-state index contributed by atoms with van der Waals surface area (Å²) < 4.78 is 2.33. The molecule has 1 unspecified atom stereocenters. The third kappa shape index (κ3) is 2.56. The summed E-state index contributed by atoms with van der Waals surface area (Å²) in [5.74, 6) is 1.58. The fraction of sp³-hybridized carbons (Fsp3) is 0.462. The van der Waals surface area contributed by atoms with Gasteiger partial charge in [0.2, 0.25) is 0 Å². The number of aryl methyl sites for hydroxylation is 2. The zero-order valence-corrected chi connectivity index (χ0v) is 18.9. The first-order valence-corrected chi connectivity index (χ1v) is 10.8. The lowest BCUT2D eigenvalue weighted by molar-refractivity contribution is 0.424. The third-order valence-corrected chi connectivity index (χ3v) is 6.88. The van der Waals surface area contributed by atoms with Crippen molar-refractivity contribution >= 4 is 27.6 Å². The summed E-state index contributed by atoms with van der Waals surface area (Å²) in [5.41, 5.74) is 9.88. The van der Waals surface area contributed by atoms with E-state index >= 15 is 0 Å². The van der Waals surface area contributed by atoms with Crippen LogP contribution >= 0.6 is 0 Å². The van der Waals surface area contributed by atoms with Crippen LogP contribution in [0.25, 0.3) is 27.6 Å². The van der Waals surface area contributed by atoms with Crippen LogP contribution in [0.15, 0.2) is 24.3 Å². The molecule has 0 spiro atoms. The molecule has 5 rings (SSSR count). The maximum absolute atomic E-state index is 5.28. The summed E-state index contributed by atoms with van der Waals surface area (Å²) >= 11 is 0. The second kappa shape index (κ2) is 5.59. The average molecular weight is 386 g/mol. The maximum Gasteiger partial charge on any atom is 0.149 e. The fourth-order valence-electron chi connectivity index (χ4n) is 5.14. The summed E-state index contributed by atoms with van der Waals surface area (Å²) in [6.45, 7) is 18.1. The predicted molar refractivity (Wildman–Crippen MR) is 122 cm³/mol. The van der Waals surface area contributed by atoms with E-state index in [0.717, 1.165) is 28.9 Å². The van der Waals surface area contributed by atoms with E-state index in [9.17, 15) is 0 Å². The summed E-state index contributed by atoms with van der Waals surface area (Å²) in [5, 5.41) is 1.23. The van der Waals surface area contributed by atoms with Crippen molar-refractivity contribution in [2.75, 3.05) is 0 Å². The minimum atomic E-state index is -0.0831. The molecule has 29 heavy (non-hydrogen) atoms. The van der Waals surface area contributed by atoms with Crippen molar-refractivity contribution in [3.8, 4) is 0 Å². The van der Waals surface area contributed by atoms with E-state index in [0.29, 0.717) is 5.92 Å². The van der Waals surface area contributed by atoms with Crippen molar-refractivity contribution in [1.82, 2.24) is 14.4 Å². The summed E-state index contributed by atoms with van der Waals surface area (Å²) in [6, 6.07) is 9.23. The lowest BCUT2D eigenvalue weighted by Gasteiger charge is -2.35. The van der Waals surface area contributed by atoms with Gasteiger partial charge in [-0.15, -0.1) is 0 Å². The van der Waals surface area contributed by atoms with Gasteiger partial charge in [-0.25, -0.2) is 9.97 Å². The number of aromatic nitrogens is 3. The van der Waals surface area contributed by atoms with Crippen molar-refractivity contribution in [3.05, 3.63) is 52.3 Å². The second-order valence-electron chi connectivity index (χ2n) is 10.8. The van der Waals surface area contributed by atoms with E-state index in [1.807, 2.05) is 0 Å². The number of nitrogens with zero attached hydrogens (tertiary/aromatic N) is 3. The largest absolute Gasteiger partial charge is 0.279 e. The van der Waals surface area contributed by atoms with Gasteiger partial charge in [-0.1, -0.05) is 47.6 Å². The molecule has 0 saturated heterocycles. The first-order chi connectivity index (χ1) is 13.5. The molecule has 1 atom stereocenters. The van der Waals surface area contributed by atoms with Crippen LogP contribution in [0, 0.1) is 13.8 Å². The van der Waals surface area contributed by atoms with Crippen LogP contribution in [0.5, 0.6) is 0 Å². The Morgan fingerprint density at radius 1 is 0.966 bits per heavy atom. The first-order valence-electron chi connectivity index (χ1n) is 10.8. The minimum Gasteiger partial charge on any atom is -0.279 e. The fourth-order valence-corrected chi connectivity index (χ4v) is 5.14. The quantitative estimate of drug-likeness (QED) is 0.336. The lowest BCUT2D eigenvalue weighted by atomic mass is 9.70. The van der Waals surface area contributed by atoms with Gasteiger partial charge in [0.25, 0.3) is 0 Å². The minimum absolute atomic E-state index is 0.0831. The number of benzene rings is 2. The molecule has 2 bridgehead atoms. The van der Waals surface area contributed by atoms with Crippen LogP contribution in [0.4, 0.5) is 0 Å². The topological polar surface area (TPSA) is 30.2 Å². The number of fused-ring (bicyclic) bond motifs is 8. The monoisotopic (exact) mass is 385 g/mol. The predicted octanol–water partition coefficient (Wildman–Crippen LogP) is 6.73. The van der Waals surface area contributed by atoms with Crippen molar-refractivity contribution < 1.29 is 0 Å². The molecule has 2 aromatic carbocycles. The zero-order valence-electron chi connectivity index (χ0n) is 18.9. The molecule has 0 aliphatic heterocycles. The van der Waals surface area contributed by atoms with Gasteiger partial charge >= 0.3 is 0 Å². The number of imidazole rings is 1. The molecule has 3 heteroatoms. The van der Waals surface area contributed by atoms with E-state index in [1.165, 1.54) is 33.2 Å². The van der Waals surface area contributed by atoms with Crippen LogP contribution in [0.3, 0.4) is 0 Å². The summed E-state index contributed by atoms with van der Waals surface area (Å²) in [4.78, 5) is 10.5. The van der Waals surface area contributed by atoms with Gasteiger partial charge < -0.3 is 0 Å². The molecule has 0 fully saturated rings. The number of hydrogen-bond acceptors (Lipinski definition) is 2. The Labute approximate surface area is 173 Å². The molecule has 150 valence electrons. The molecule has 0 saturated carbocycles. The van der Waals surface area contributed by atoms with Gasteiger partial charge in [-0.05, 0) is 72.1 Å². The summed E-state index contributed by atoms with van der Waals surface area (Å²) in [7, 11) is 0. The molecule has 0 N–H and O–H groups in total. The Hall–Kier alpha value is -2.42. The molecular weight excluding hydrogens is 354 g/mol. The van der Waals surface area contributed by atoms with Gasteiger partial charge in [-0.3, -0.25) is 4.40 Å². The normalized spacial score (nSPS) is 18.8.